The largest absolute Gasteiger partial charge is 0.477 e. The van der Waals surface area contributed by atoms with Gasteiger partial charge in [0.15, 0.2) is 0 Å². The van der Waals surface area contributed by atoms with Crippen LogP contribution in [-0.2, 0) is 4.79 Å². The molecule has 9 rings (SSSR count). The lowest BCUT2D eigenvalue weighted by molar-refractivity contribution is -0.132. The molecule has 6 heteroatoms. The van der Waals surface area contributed by atoms with Crippen LogP contribution in [0.3, 0.4) is 0 Å². The zero-order valence-corrected chi connectivity index (χ0v) is 36.3. The summed E-state index contributed by atoms with van der Waals surface area (Å²) in [5, 5.41) is 18.5. The number of anilines is 3. The van der Waals surface area contributed by atoms with E-state index in [1.165, 1.54) is 126 Å². The van der Waals surface area contributed by atoms with Crippen molar-refractivity contribution in [3.63, 3.8) is 0 Å². The highest BCUT2D eigenvalue weighted by atomic mass is 32.1. The zero-order chi connectivity index (χ0) is 41.7. The number of hydrogen-bond acceptors (Lipinski definition) is 5. The van der Waals surface area contributed by atoms with E-state index >= 15 is 0 Å². The number of carboxylic acid groups (broad SMARTS) is 1. The van der Waals surface area contributed by atoms with Crippen LogP contribution in [0.25, 0.3) is 48.5 Å². The van der Waals surface area contributed by atoms with Gasteiger partial charge < -0.3 is 10.0 Å². The molecule has 7 aromatic rings. The van der Waals surface area contributed by atoms with Gasteiger partial charge in [0, 0.05) is 36.6 Å². The molecule has 0 spiro atoms. The minimum atomic E-state index is -1.22. The predicted octanol–water partition coefficient (Wildman–Crippen LogP) is 16.3. The first-order valence-corrected chi connectivity index (χ1v) is 23.4. The summed E-state index contributed by atoms with van der Waals surface area (Å²) in [6.45, 7) is 2.18. The molecular formula is C55H50N2O2S2. The van der Waals surface area contributed by atoms with Crippen molar-refractivity contribution in [3.8, 4) is 48.5 Å². The molecule has 4 nitrogen and oxygen atoms in total. The van der Waals surface area contributed by atoms with Crippen molar-refractivity contribution in [2.24, 2.45) is 0 Å². The van der Waals surface area contributed by atoms with Crippen LogP contribution in [0, 0.1) is 18.3 Å². The summed E-state index contributed by atoms with van der Waals surface area (Å²) in [7, 11) is 0. The number of nitrogens with zero attached hydrogens (tertiary/aromatic N) is 2. The fraction of sp³-hybridized carbons (Fsp3) is 0.236. The van der Waals surface area contributed by atoms with Gasteiger partial charge in [0.25, 0.3) is 0 Å². The van der Waals surface area contributed by atoms with Crippen molar-refractivity contribution in [2.45, 2.75) is 83.0 Å². The Morgan fingerprint density at radius 2 is 1.02 bits per heavy atom. The summed E-state index contributed by atoms with van der Waals surface area (Å²) in [5.74, 6) is 0.185. The third-order valence-electron chi connectivity index (χ3n) is 12.7. The van der Waals surface area contributed by atoms with Crippen LogP contribution in [0.4, 0.5) is 17.1 Å². The molecule has 2 heterocycles. The Kier molecular flexibility index (Phi) is 12.1. The van der Waals surface area contributed by atoms with Crippen LogP contribution < -0.4 is 4.90 Å². The number of carbonyl (C=O) groups is 1. The molecule has 2 aromatic heterocycles. The van der Waals surface area contributed by atoms with E-state index in [-0.39, 0.29) is 5.57 Å². The van der Waals surface area contributed by atoms with E-state index in [4.69, 9.17) is 0 Å². The Hall–Kier alpha value is -6.00. The molecular weight excluding hydrogens is 785 g/mol. The predicted molar refractivity (Wildman–Crippen MR) is 256 cm³/mol. The smallest absolute Gasteiger partial charge is 0.346 e. The monoisotopic (exact) mass is 834 g/mol. The quantitative estimate of drug-likeness (QED) is 0.104. The van der Waals surface area contributed by atoms with E-state index in [0.29, 0.717) is 11.8 Å². The van der Waals surface area contributed by atoms with E-state index in [2.05, 4.69) is 139 Å². The van der Waals surface area contributed by atoms with E-state index in [1.807, 2.05) is 12.1 Å². The van der Waals surface area contributed by atoms with Crippen molar-refractivity contribution in [3.05, 3.63) is 167 Å². The second-order valence-corrected chi connectivity index (χ2v) is 18.9. The fourth-order valence-electron chi connectivity index (χ4n) is 9.35. The molecule has 0 aliphatic heterocycles. The molecule has 2 aliphatic rings. The van der Waals surface area contributed by atoms with Gasteiger partial charge in [-0.05, 0) is 156 Å². The van der Waals surface area contributed by atoms with Crippen molar-refractivity contribution in [2.75, 3.05) is 4.90 Å². The Balaban J connectivity index is 1.00. The van der Waals surface area contributed by atoms with Crippen LogP contribution in [0.2, 0.25) is 0 Å². The number of rotatable bonds is 11. The van der Waals surface area contributed by atoms with Crippen molar-refractivity contribution >= 4 is 51.8 Å². The van der Waals surface area contributed by atoms with Crippen LogP contribution in [0.5, 0.6) is 0 Å². The molecule has 0 radical (unpaired) electrons. The highest BCUT2D eigenvalue weighted by Crippen LogP contribution is 2.43. The minimum Gasteiger partial charge on any atom is -0.477 e. The molecule has 0 saturated heterocycles. The van der Waals surface area contributed by atoms with Gasteiger partial charge in [-0.15, -0.1) is 22.7 Å². The number of aliphatic carboxylic acids is 1. The third kappa shape index (κ3) is 9.05. The lowest BCUT2D eigenvalue weighted by atomic mass is 9.84. The molecule has 1 N–H and O–H groups in total. The summed E-state index contributed by atoms with van der Waals surface area (Å²) in [6, 6.07) is 53.2. The van der Waals surface area contributed by atoms with Crippen LogP contribution >= 0.6 is 22.7 Å². The number of hydrogen-bond donors (Lipinski definition) is 1. The summed E-state index contributed by atoms with van der Waals surface area (Å²) >= 11 is 3.20. The summed E-state index contributed by atoms with van der Waals surface area (Å²) in [5.41, 5.74) is 13.3. The fourth-order valence-corrected chi connectivity index (χ4v) is 11.5. The average Bonchev–Trinajstić information content (AvgIpc) is 4.00. The second-order valence-electron chi connectivity index (χ2n) is 16.7. The minimum absolute atomic E-state index is 0.268. The number of thiophene rings is 2. The second kappa shape index (κ2) is 18.3. The molecule has 2 aliphatic carbocycles. The lowest BCUT2D eigenvalue weighted by Gasteiger charge is -2.27. The average molecular weight is 835 g/mol. The van der Waals surface area contributed by atoms with E-state index < -0.39 is 5.97 Å². The van der Waals surface area contributed by atoms with Gasteiger partial charge >= 0.3 is 5.97 Å². The molecule has 304 valence electrons. The third-order valence-corrected chi connectivity index (χ3v) is 15.1. The molecule has 2 fully saturated rings. The lowest BCUT2D eigenvalue weighted by Crippen LogP contribution is -2.10. The van der Waals surface area contributed by atoms with Crippen molar-refractivity contribution in [1.82, 2.24) is 0 Å². The maximum atomic E-state index is 11.4. The molecule has 0 unspecified atom stereocenters. The topological polar surface area (TPSA) is 64.3 Å². The van der Waals surface area contributed by atoms with Crippen LogP contribution in [0.1, 0.15) is 97.6 Å². The maximum absolute atomic E-state index is 11.4. The van der Waals surface area contributed by atoms with Crippen LogP contribution in [0.15, 0.2) is 145 Å². The normalized spacial score (nSPS) is 15.0. The van der Waals surface area contributed by atoms with Gasteiger partial charge in [0.1, 0.15) is 11.6 Å². The Morgan fingerprint density at radius 1 is 0.574 bits per heavy atom. The van der Waals surface area contributed by atoms with Crippen LogP contribution in [-0.4, -0.2) is 11.1 Å². The highest BCUT2D eigenvalue weighted by Gasteiger charge is 2.19. The Bertz CT molecular complexity index is 2580. The van der Waals surface area contributed by atoms with Crippen molar-refractivity contribution in [1.29, 1.82) is 5.26 Å². The summed E-state index contributed by atoms with van der Waals surface area (Å²) in [4.78, 5) is 17.8. The first kappa shape index (κ1) is 40.4. The molecule has 0 amide bonds. The summed E-state index contributed by atoms with van der Waals surface area (Å²) < 4.78 is 0. The van der Waals surface area contributed by atoms with Gasteiger partial charge in [0.2, 0.25) is 0 Å². The SMILES string of the molecule is Cc1cc(N(c2ccc(-c3ccc(C4CCCCC4)cc3)cc2)c2ccc(-c3ccc(C4CCCCC4)cc3)cc2)ccc1-c1ccc(-c2ccc(/C=C(\C#N)C(=O)O)s2)s1. The molecule has 0 bridgehead atoms. The van der Waals surface area contributed by atoms with Crippen molar-refractivity contribution < 1.29 is 9.90 Å². The maximum Gasteiger partial charge on any atom is 0.346 e. The molecule has 2 saturated carbocycles. The van der Waals surface area contributed by atoms with E-state index in [0.717, 1.165) is 36.6 Å². The van der Waals surface area contributed by atoms with Gasteiger partial charge in [-0.3, -0.25) is 0 Å². The number of nitriles is 1. The van der Waals surface area contributed by atoms with Gasteiger partial charge in [-0.25, -0.2) is 4.79 Å². The zero-order valence-electron chi connectivity index (χ0n) is 34.6. The molecule has 5 aromatic carbocycles. The number of benzene rings is 5. The van der Waals surface area contributed by atoms with E-state index in [9.17, 15) is 15.2 Å². The first-order chi connectivity index (χ1) is 29.9. The standard InChI is InChI=1S/C55H50N2O2S2/c1-37-34-49(28-30-51(37)52-32-33-54(61-52)53-31-29-50(60-53)35-46(36-56)55(58)59)57(47-24-20-44(21-25-47)42-16-12-40(13-17-42)38-8-4-2-5-9-38)48-26-22-45(23-27-48)43-18-14-41(15-19-43)39-10-6-3-7-11-39/h12-35,38-39H,2-11H2,1H3,(H,58,59)/b46-35+. The van der Waals surface area contributed by atoms with Gasteiger partial charge in [-0.2, -0.15) is 5.26 Å². The van der Waals surface area contributed by atoms with Gasteiger partial charge in [-0.1, -0.05) is 117 Å². The molecule has 61 heavy (non-hydrogen) atoms. The highest BCUT2D eigenvalue weighted by molar-refractivity contribution is 7.24. The summed E-state index contributed by atoms with van der Waals surface area (Å²) in [6.07, 6.45) is 14.8. The van der Waals surface area contributed by atoms with Gasteiger partial charge in [0.05, 0.1) is 0 Å². The number of carboxylic acids is 1. The molecule has 0 atom stereocenters. The Labute approximate surface area is 368 Å². The van der Waals surface area contributed by atoms with E-state index in [1.54, 1.807) is 17.4 Å². The Morgan fingerprint density at radius 3 is 1.49 bits per heavy atom. The first-order valence-electron chi connectivity index (χ1n) is 21.8. The number of aryl methyl sites for hydroxylation is 1.